The van der Waals surface area contributed by atoms with Crippen LogP contribution >= 0.6 is 0 Å². The standard InChI is InChI=1S/C16H17F2N3O2/c17-11-3-9(21-7-16(8-21)5-19-6-16)4-12(18)14(11)10-1-2-13(22)20-15(10)23/h3-4,10,19H,1-2,5-8H2,(H,20,22,23). The van der Waals surface area contributed by atoms with Gasteiger partial charge in [0.2, 0.25) is 11.8 Å². The highest BCUT2D eigenvalue weighted by atomic mass is 19.1. The molecular formula is C16H17F2N3O2. The van der Waals surface area contributed by atoms with E-state index < -0.39 is 29.4 Å². The van der Waals surface area contributed by atoms with Crippen LogP contribution in [0.5, 0.6) is 0 Å². The van der Waals surface area contributed by atoms with E-state index in [0.717, 1.165) is 26.2 Å². The van der Waals surface area contributed by atoms with Gasteiger partial charge in [-0.25, -0.2) is 8.78 Å². The maximum atomic E-state index is 14.4. The fraction of sp³-hybridized carbons (Fsp3) is 0.500. The summed E-state index contributed by atoms with van der Waals surface area (Å²) in [6, 6.07) is 2.59. The van der Waals surface area contributed by atoms with Crippen molar-refractivity contribution in [3.63, 3.8) is 0 Å². The lowest BCUT2D eigenvalue weighted by molar-refractivity contribution is -0.134. The molecule has 122 valence electrons. The number of carbonyl (C=O) groups excluding carboxylic acids is 2. The molecule has 0 radical (unpaired) electrons. The number of piperidine rings is 1. The monoisotopic (exact) mass is 321 g/mol. The largest absolute Gasteiger partial charge is 0.370 e. The Labute approximate surface area is 132 Å². The highest BCUT2D eigenvalue weighted by Crippen LogP contribution is 2.39. The lowest BCUT2D eigenvalue weighted by Gasteiger charge is -2.57. The summed E-state index contributed by atoms with van der Waals surface area (Å²) in [5.41, 5.74) is 0.530. The summed E-state index contributed by atoms with van der Waals surface area (Å²) >= 11 is 0. The van der Waals surface area contributed by atoms with Gasteiger partial charge < -0.3 is 10.2 Å². The number of anilines is 1. The topological polar surface area (TPSA) is 61.4 Å². The second kappa shape index (κ2) is 4.99. The molecule has 5 nitrogen and oxygen atoms in total. The van der Waals surface area contributed by atoms with Gasteiger partial charge in [-0.3, -0.25) is 14.9 Å². The number of hydrogen-bond donors (Lipinski definition) is 2. The number of amides is 2. The molecule has 4 rings (SSSR count). The normalized spacial score (nSPS) is 25.8. The second-order valence-corrected chi connectivity index (χ2v) is 6.79. The highest BCUT2D eigenvalue weighted by molar-refractivity contribution is 6.01. The molecule has 0 aliphatic carbocycles. The Morgan fingerprint density at radius 1 is 1.13 bits per heavy atom. The van der Waals surface area contributed by atoms with Gasteiger partial charge in [0.25, 0.3) is 0 Å². The van der Waals surface area contributed by atoms with Gasteiger partial charge in [0.05, 0.1) is 5.92 Å². The maximum Gasteiger partial charge on any atom is 0.234 e. The van der Waals surface area contributed by atoms with E-state index in [1.807, 2.05) is 4.90 Å². The fourth-order valence-electron chi connectivity index (χ4n) is 3.70. The van der Waals surface area contributed by atoms with Crippen LogP contribution in [-0.2, 0) is 9.59 Å². The Balaban J connectivity index is 1.57. The van der Waals surface area contributed by atoms with Crippen LogP contribution in [0.3, 0.4) is 0 Å². The molecule has 2 amide bonds. The van der Waals surface area contributed by atoms with Crippen molar-refractivity contribution in [2.24, 2.45) is 5.41 Å². The molecule has 0 saturated carbocycles. The Hall–Kier alpha value is -2.02. The van der Waals surface area contributed by atoms with Crippen LogP contribution in [0.15, 0.2) is 12.1 Å². The number of imide groups is 1. The Morgan fingerprint density at radius 2 is 1.78 bits per heavy atom. The van der Waals surface area contributed by atoms with E-state index in [1.54, 1.807) is 0 Å². The van der Waals surface area contributed by atoms with E-state index in [-0.39, 0.29) is 23.8 Å². The maximum absolute atomic E-state index is 14.4. The van der Waals surface area contributed by atoms with Crippen molar-refractivity contribution in [3.8, 4) is 0 Å². The van der Waals surface area contributed by atoms with Crippen molar-refractivity contribution in [1.29, 1.82) is 0 Å². The smallest absolute Gasteiger partial charge is 0.234 e. The molecule has 1 unspecified atom stereocenters. The first kappa shape index (κ1) is 14.6. The molecule has 23 heavy (non-hydrogen) atoms. The van der Waals surface area contributed by atoms with Gasteiger partial charge in [0, 0.05) is 49.3 Å². The van der Waals surface area contributed by atoms with Gasteiger partial charge in [0.15, 0.2) is 0 Å². The molecule has 1 atom stereocenters. The SMILES string of the molecule is O=C1CCC(c2c(F)cc(N3CC4(CNC4)C3)cc2F)C(=O)N1. The zero-order valence-electron chi connectivity index (χ0n) is 12.5. The first-order valence-corrected chi connectivity index (χ1v) is 7.76. The van der Waals surface area contributed by atoms with E-state index in [2.05, 4.69) is 10.6 Å². The summed E-state index contributed by atoms with van der Waals surface area (Å²) in [4.78, 5) is 25.0. The molecule has 0 bridgehead atoms. The molecule has 3 heterocycles. The first-order valence-electron chi connectivity index (χ1n) is 7.76. The van der Waals surface area contributed by atoms with Gasteiger partial charge in [-0.2, -0.15) is 0 Å². The number of benzene rings is 1. The number of halogens is 2. The number of nitrogens with zero attached hydrogens (tertiary/aromatic N) is 1. The van der Waals surface area contributed by atoms with E-state index in [0.29, 0.717) is 5.69 Å². The van der Waals surface area contributed by atoms with Crippen molar-refractivity contribution in [2.75, 3.05) is 31.1 Å². The Kier molecular flexibility index (Phi) is 3.16. The molecule has 2 N–H and O–H groups in total. The quantitative estimate of drug-likeness (QED) is 0.795. The predicted octanol–water partition coefficient (Wildman–Crippen LogP) is 0.895. The summed E-state index contributed by atoms with van der Waals surface area (Å²) in [6.45, 7) is 3.47. The average molecular weight is 321 g/mol. The van der Waals surface area contributed by atoms with Crippen molar-refractivity contribution >= 4 is 17.5 Å². The summed E-state index contributed by atoms with van der Waals surface area (Å²) in [6.07, 6.45) is 0.231. The second-order valence-electron chi connectivity index (χ2n) is 6.79. The van der Waals surface area contributed by atoms with Crippen molar-refractivity contribution in [1.82, 2.24) is 10.6 Å². The van der Waals surface area contributed by atoms with Crippen LogP contribution in [0.1, 0.15) is 24.3 Å². The van der Waals surface area contributed by atoms with E-state index in [4.69, 9.17) is 0 Å². The zero-order valence-corrected chi connectivity index (χ0v) is 12.5. The molecule has 0 aromatic heterocycles. The minimum absolute atomic E-state index is 0.0959. The lowest BCUT2D eigenvalue weighted by atomic mass is 9.74. The third-order valence-corrected chi connectivity index (χ3v) is 5.07. The van der Waals surface area contributed by atoms with Gasteiger partial charge in [-0.05, 0) is 18.6 Å². The number of rotatable bonds is 2. The van der Waals surface area contributed by atoms with Crippen molar-refractivity contribution in [3.05, 3.63) is 29.3 Å². The van der Waals surface area contributed by atoms with Crippen LogP contribution in [-0.4, -0.2) is 38.0 Å². The minimum Gasteiger partial charge on any atom is -0.370 e. The lowest BCUT2D eigenvalue weighted by Crippen LogP contribution is -2.71. The number of carbonyl (C=O) groups is 2. The highest BCUT2D eigenvalue weighted by Gasteiger charge is 2.47. The molecule has 3 saturated heterocycles. The van der Waals surface area contributed by atoms with Crippen molar-refractivity contribution < 1.29 is 18.4 Å². The van der Waals surface area contributed by atoms with Crippen LogP contribution in [0, 0.1) is 17.0 Å². The summed E-state index contributed by atoms with van der Waals surface area (Å²) in [7, 11) is 0. The van der Waals surface area contributed by atoms with Gasteiger partial charge in [-0.1, -0.05) is 0 Å². The van der Waals surface area contributed by atoms with E-state index >= 15 is 0 Å². The predicted molar refractivity (Wildman–Crippen MR) is 79.0 cm³/mol. The number of hydrogen-bond acceptors (Lipinski definition) is 4. The van der Waals surface area contributed by atoms with E-state index in [1.165, 1.54) is 12.1 Å². The molecule has 3 aliphatic rings. The van der Waals surface area contributed by atoms with Crippen LogP contribution in [0.25, 0.3) is 0 Å². The summed E-state index contributed by atoms with van der Waals surface area (Å²) in [5.74, 6) is -3.41. The zero-order chi connectivity index (χ0) is 16.2. The van der Waals surface area contributed by atoms with Crippen LogP contribution in [0.4, 0.5) is 14.5 Å². The summed E-state index contributed by atoms with van der Waals surface area (Å²) in [5, 5.41) is 5.35. The van der Waals surface area contributed by atoms with Gasteiger partial charge in [-0.15, -0.1) is 0 Å². The Bertz CT molecular complexity index is 672. The van der Waals surface area contributed by atoms with Crippen LogP contribution in [0.2, 0.25) is 0 Å². The molecule has 3 aliphatic heterocycles. The summed E-state index contributed by atoms with van der Waals surface area (Å²) < 4.78 is 28.9. The van der Waals surface area contributed by atoms with Gasteiger partial charge >= 0.3 is 0 Å². The third-order valence-electron chi connectivity index (χ3n) is 5.07. The minimum atomic E-state index is -0.944. The van der Waals surface area contributed by atoms with E-state index in [9.17, 15) is 18.4 Å². The molecule has 1 aromatic carbocycles. The first-order chi connectivity index (χ1) is 11.0. The molecule has 1 aromatic rings. The number of nitrogens with one attached hydrogen (secondary N) is 2. The molecule has 3 fully saturated rings. The third kappa shape index (κ3) is 2.30. The molecule has 7 heteroatoms. The Morgan fingerprint density at radius 3 is 2.30 bits per heavy atom. The molecule has 1 spiro atoms. The van der Waals surface area contributed by atoms with Crippen LogP contribution < -0.4 is 15.5 Å². The average Bonchev–Trinajstić information content (AvgIpc) is 2.37. The molecular weight excluding hydrogens is 304 g/mol. The van der Waals surface area contributed by atoms with Crippen molar-refractivity contribution in [2.45, 2.75) is 18.8 Å². The fourth-order valence-corrected chi connectivity index (χ4v) is 3.70. The van der Waals surface area contributed by atoms with Gasteiger partial charge in [0.1, 0.15) is 11.6 Å².